The second kappa shape index (κ2) is 7.30. The van der Waals surface area contributed by atoms with Gasteiger partial charge < -0.3 is 15.5 Å². The van der Waals surface area contributed by atoms with Gasteiger partial charge in [-0.15, -0.1) is 0 Å². The second-order valence-electron chi connectivity index (χ2n) is 6.40. The van der Waals surface area contributed by atoms with Crippen molar-refractivity contribution < 1.29 is 9.59 Å². The summed E-state index contributed by atoms with van der Waals surface area (Å²) < 4.78 is 0. The molecule has 1 aromatic heterocycles. The molecule has 1 saturated heterocycles. The number of carbonyl (C=O) groups is 2. The Balaban J connectivity index is 1.36. The molecule has 0 unspecified atom stereocenters. The number of nitrogens with zero attached hydrogens (tertiary/aromatic N) is 3. The minimum absolute atomic E-state index is 0.0590. The standard InChI is InChI=1S/C17H21N5O2/c18-8-13-3-4-15(21-9-13)19-5-6-20-17(24)14-7-16(23)22(11-14)10-12-1-2-12/h3-4,9,12,14H,1-2,5-7,10-11H2,(H,19,21)(H,20,24)/t14-/m0/s1. The summed E-state index contributed by atoms with van der Waals surface area (Å²) in [7, 11) is 0. The zero-order valence-corrected chi connectivity index (χ0v) is 13.5. The molecule has 24 heavy (non-hydrogen) atoms. The van der Waals surface area contributed by atoms with Crippen LogP contribution in [0.1, 0.15) is 24.8 Å². The first-order valence-corrected chi connectivity index (χ1v) is 8.31. The molecule has 1 aromatic rings. The third-order valence-corrected chi connectivity index (χ3v) is 4.38. The van der Waals surface area contributed by atoms with E-state index in [1.807, 2.05) is 11.0 Å². The quantitative estimate of drug-likeness (QED) is 0.720. The highest BCUT2D eigenvalue weighted by Gasteiger charge is 2.36. The van der Waals surface area contributed by atoms with E-state index in [4.69, 9.17) is 5.26 Å². The predicted octanol–water partition coefficient (Wildman–Crippen LogP) is 0.740. The first-order chi connectivity index (χ1) is 11.7. The first-order valence-electron chi connectivity index (χ1n) is 8.31. The van der Waals surface area contributed by atoms with E-state index in [-0.39, 0.29) is 17.7 Å². The van der Waals surface area contributed by atoms with Gasteiger partial charge in [-0.1, -0.05) is 0 Å². The number of hydrogen-bond acceptors (Lipinski definition) is 5. The summed E-state index contributed by atoms with van der Waals surface area (Å²) in [6, 6.07) is 5.43. The maximum Gasteiger partial charge on any atom is 0.225 e. The van der Waals surface area contributed by atoms with Crippen molar-refractivity contribution in [2.45, 2.75) is 19.3 Å². The van der Waals surface area contributed by atoms with Crippen LogP contribution in [0.4, 0.5) is 5.82 Å². The Kier molecular flexibility index (Phi) is 4.94. The van der Waals surface area contributed by atoms with Crippen molar-refractivity contribution in [1.29, 1.82) is 5.26 Å². The van der Waals surface area contributed by atoms with E-state index in [9.17, 15) is 9.59 Å². The number of nitriles is 1. The van der Waals surface area contributed by atoms with Crippen LogP contribution in [0, 0.1) is 23.2 Å². The highest BCUT2D eigenvalue weighted by molar-refractivity contribution is 5.89. The van der Waals surface area contributed by atoms with Gasteiger partial charge in [0.15, 0.2) is 0 Å². The van der Waals surface area contributed by atoms with E-state index >= 15 is 0 Å². The number of hydrogen-bond donors (Lipinski definition) is 2. The summed E-state index contributed by atoms with van der Waals surface area (Å²) in [5.41, 5.74) is 0.510. The van der Waals surface area contributed by atoms with Gasteiger partial charge >= 0.3 is 0 Å². The molecule has 3 rings (SSSR count). The summed E-state index contributed by atoms with van der Waals surface area (Å²) >= 11 is 0. The second-order valence-corrected chi connectivity index (χ2v) is 6.40. The van der Waals surface area contributed by atoms with Gasteiger partial charge in [-0.05, 0) is 30.9 Å². The maximum atomic E-state index is 12.2. The van der Waals surface area contributed by atoms with Gasteiger partial charge in [0.1, 0.15) is 11.9 Å². The van der Waals surface area contributed by atoms with E-state index < -0.39 is 0 Å². The number of nitrogens with one attached hydrogen (secondary N) is 2. The maximum absolute atomic E-state index is 12.2. The lowest BCUT2D eigenvalue weighted by atomic mass is 10.1. The number of aromatic nitrogens is 1. The van der Waals surface area contributed by atoms with Crippen LogP contribution in [-0.2, 0) is 9.59 Å². The molecular formula is C17H21N5O2. The molecule has 1 aliphatic heterocycles. The molecular weight excluding hydrogens is 306 g/mol. The van der Waals surface area contributed by atoms with Crippen LogP contribution in [0.5, 0.6) is 0 Å². The van der Waals surface area contributed by atoms with Crippen LogP contribution in [0.2, 0.25) is 0 Å². The number of likely N-dealkylation sites (tertiary alicyclic amines) is 1. The van der Waals surface area contributed by atoms with Crippen LogP contribution >= 0.6 is 0 Å². The van der Waals surface area contributed by atoms with Crippen LogP contribution in [0.3, 0.4) is 0 Å². The molecule has 1 atom stereocenters. The topological polar surface area (TPSA) is 98.1 Å². The SMILES string of the molecule is N#Cc1ccc(NCCNC(=O)[C@H]2CC(=O)N(CC3CC3)C2)nc1. The minimum atomic E-state index is -0.232. The molecule has 1 saturated carbocycles. The van der Waals surface area contributed by atoms with E-state index in [0.29, 0.717) is 43.4 Å². The molecule has 2 N–H and O–H groups in total. The summed E-state index contributed by atoms with van der Waals surface area (Å²) in [6.07, 6.45) is 4.23. The Morgan fingerprint density at radius 2 is 2.21 bits per heavy atom. The fourth-order valence-electron chi connectivity index (χ4n) is 2.82. The van der Waals surface area contributed by atoms with E-state index in [2.05, 4.69) is 15.6 Å². The van der Waals surface area contributed by atoms with Gasteiger partial charge in [-0.2, -0.15) is 5.26 Å². The molecule has 2 amide bonds. The molecule has 2 fully saturated rings. The summed E-state index contributed by atoms with van der Waals surface area (Å²) in [4.78, 5) is 30.0. The van der Waals surface area contributed by atoms with Gasteiger partial charge in [-0.3, -0.25) is 9.59 Å². The molecule has 2 aliphatic rings. The lowest BCUT2D eigenvalue weighted by Gasteiger charge is -2.16. The molecule has 2 heterocycles. The van der Waals surface area contributed by atoms with Crippen molar-refractivity contribution in [2.24, 2.45) is 11.8 Å². The van der Waals surface area contributed by atoms with Gasteiger partial charge in [0, 0.05) is 38.8 Å². The zero-order chi connectivity index (χ0) is 16.9. The highest BCUT2D eigenvalue weighted by atomic mass is 16.2. The van der Waals surface area contributed by atoms with Gasteiger partial charge in [-0.25, -0.2) is 4.98 Å². The molecule has 7 heteroatoms. The first kappa shape index (κ1) is 16.2. The highest BCUT2D eigenvalue weighted by Crippen LogP contribution is 2.31. The average molecular weight is 327 g/mol. The largest absolute Gasteiger partial charge is 0.368 e. The molecule has 126 valence electrons. The smallest absolute Gasteiger partial charge is 0.225 e. The fraction of sp³-hybridized carbons (Fsp3) is 0.529. The van der Waals surface area contributed by atoms with Crippen LogP contribution in [0.15, 0.2) is 18.3 Å². The summed E-state index contributed by atoms with van der Waals surface area (Å²) in [6.45, 7) is 2.37. The van der Waals surface area contributed by atoms with E-state index in [1.165, 1.54) is 19.0 Å². The third kappa shape index (κ3) is 4.22. The molecule has 0 radical (unpaired) electrons. The van der Waals surface area contributed by atoms with Crippen molar-refractivity contribution in [3.8, 4) is 6.07 Å². The van der Waals surface area contributed by atoms with E-state index in [1.54, 1.807) is 12.1 Å². The van der Waals surface area contributed by atoms with Crippen LogP contribution < -0.4 is 10.6 Å². The Hall–Kier alpha value is -2.62. The number of carbonyl (C=O) groups excluding carboxylic acids is 2. The number of rotatable bonds is 7. The van der Waals surface area contributed by atoms with Crippen LogP contribution in [0.25, 0.3) is 0 Å². The summed E-state index contributed by atoms with van der Waals surface area (Å²) in [5.74, 6) is 1.12. The lowest BCUT2D eigenvalue weighted by Crippen LogP contribution is -2.36. The minimum Gasteiger partial charge on any atom is -0.368 e. The van der Waals surface area contributed by atoms with Crippen LogP contribution in [-0.4, -0.2) is 47.9 Å². The van der Waals surface area contributed by atoms with Gasteiger partial charge in [0.2, 0.25) is 11.8 Å². The lowest BCUT2D eigenvalue weighted by molar-refractivity contribution is -0.129. The van der Waals surface area contributed by atoms with Crippen molar-refractivity contribution in [2.75, 3.05) is 31.5 Å². The van der Waals surface area contributed by atoms with Crippen molar-refractivity contribution in [3.05, 3.63) is 23.9 Å². The summed E-state index contributed by atoms with van der Waals surface area (Å²) in [5, 5.41) is 14.7. The number of pyridine rings is 1. The Bertz CT molecular complexity index is 648. The third-order valence-electron chi connectivity index (χ3n) is 4.38. The Morgan fingerprint density at radius 3 is 2.88 bits per heavy atom. The van der Waals surface area contributed by atoms with Crippen molar-refractivity contribution >= 4 is 17.6 Å². The molecule has 1 aliphatic carbocycles. The fourth-order valence-corrected chi connectivity index (χ4v) is 2.82. The Labute approximate surface area is 141 Å². The zero-order valence-electron chi connectivity index (χ0n) is 13.5. The average Bonchev–Trinajstić information content (AvgIpc) is 3.34. The van der Waals surface area contributed by atoms with Gasteiger partial charge in [0.05, 0.1) is 11.5 Å². The Morgan fingerprint density at radius 1 is 1.38 bits per heavy atom. The van der Waals surface area contributed by atoms with Crippen molar-refractivity contribution in [3.63, 3.8) is 0 Å². The predicted molar refractivity (Wildman–Crippen MR) is 87.9 cm³/mol. The molecule has 7 nitrogen and oxygen atoms in total. The number of anilines is 1. The monoisotopic (exact) mass is 327 g/mol. The van der Waals surface area contributed by atoms with E-state index in [0.717, 1.165) is 6.54 Å². The molecule has 0 spiro atoms. The molecule has 0 bridgehead atoms. The normalized spacial score (nSPS) is 19.9. The number of amides is 2. The van der Waals surface area contributed by atoms with Gasteiger partial charge in [0.25, 0.3) is 0 Å². The van der Waals surface area contributed by atoms with Crippen molar-refractivity contribution in [1.82, 2.24) is 15.2 Å². The molecule has 0 aromatic carbocycles.